The summed E-state index contributed by atoms with van der Waals surface area (Å²) in [5.74, 6) is -0.0893. The number of unbranched alkanes of at least 4 members (excludes halogenated alkanes) is 2. The number of benzene rings is 4. The van der Waals surface area contributed by atoms with Crippen LogP contribution in [0.2, 0.25) is 0 Å². The molecule has 1 fully saturated rings. The van der Waals surface area contributed by atoms with Crippen LogP contribution in [0, 0.1) is 0 Å². The fourth-order valence-electron chi connectivity index (χ4n) is 6.31. The summed E-state index contributed by atoms with van der Waals surface area (Å²) in [7, 11) is 2.06. The first-order chi connectivity index (χ1) is 24.8. The normalized spacial score (nSPS) is 17.2. The Labute approximate surface area is 301 Å². The fourth-order valence-corrected chi connectivity index (χ4v) is 6.31. The van der Waals surface area contributed by atoms with Gasteiger partial charge in [0.2, 0.25) is 11.8 Å². The van der Waals surface area contributed by atoms with Crippen molar-refractivity contribution in [1.82, 2.24) is 10.2 Å². The van der Waals surface area contributed by atoms with Gasteiger partial charge in [-0.25, -0.2) is 0 Å². The second kappa shape index (κ2) is 19.0. The predicted octanol–water partition coefficient (Wildman–Crippen LogP) is 7.30. The van der Waals surface area contributed by atoms with Crippen LogP contribution in [0.5, 0.6) is 0 Å². The molecular weight excluding hydrogens is 640 g/mol. The van der Waals surface area contributed by atoms with E-state index in [2.05, 4.69) is 47.4 Å². The van der Waals surface area contributed by atoms with Gasteiger partial charge in [0.25, 0.3) is 0 Å². The molecule has 2 amide bonds. The van der Waals surface area contributed by atoms with E-state index in [1.54, 1.807) is 12.1 Å². The summed E-state index contributed by atoms with van der Waals surface area (Å²) in [4.78, 5) is 27.1. The van der Waals surface area contributed by atoms with Crippen LogP contribution in [0.3, 0.4) is 0 Å². The molecule has 1 aliphatic heterocycles. The van der Waals surface area contributed by atoms with E-state index in [1.165, 1.54) is 0 Å². The van der Waals surface area contributed by atoms with Gasteiger partial charge in [0.1, 0.15) is 0 Å². The number of carbonyl (C=O) groups excluding carboxylic acids is 2. The Kier molecular flexibility index (Phi) is 13.9. The Balaban J connectivity index is 1.14. The van der Waals surface area contributed by atoms with Crippen molar-refractivity contribution in [3.8, 4) is 11.1 Å². The standard InChI is InChI=1S/C42H50N4O5/c1-3-25-46(2)28-35-26-39(32-19-17-30(29-47)18-20-32)51-42(50-35)33-23-21-31(22-24-33)36-12-8-7-11-34(36)27-44-40(48)15-5-4-6-16-41(49)45-38-14-10-9-13-37(38)43/h3,7-14,17-24,35,39,42,47H,1,4-6,15-16,25-29,43H2,2H3,(H,44,48)(H,45,49)/t35-,39+,42+/m1/s1. The number of ether oxygens (including phenoxy) is 2. The number of nitrogens with one attached hydrogen (secondary N) is 2. The minimum absolute atomic E-state index is 0.00389. The van der Waals surface area contributed by atoms with Crippen LogP contribution in [0.1, 0.15) is 73.2 Å². The highest BCUT2D eigenvalue weighted by Crippen LogP contribution is 2.39. The van der Waals surface area contributed by atoms with Crippen LogP contribution < -0.4 is 16.4 Å². The summed E-state index contributed by atoms with van der Waals surface area (Å²) < 4.78 is 13.0. The van der Waals surface area contributed by atoms with Crippen LogP contribution >= 0.6 is 0 Å². The minimum atomic E-state index is -0.538. The number of hydrogen-bond acceptors (Lipinski definition) is 7. The zero-order valence-corrected chi connectivity index (χ0v) is 29.4. The van der Waals surface area contributed by atoms with Gasteiger partial charge in [0, 0.05) is 44.5 Å². The SMILES string of the molecule is C=CCN(C)C[C@H]1C[C@@H](c2ccc(CO)cc2)O[C@@H](c2ccc(-c3ccccc3CNC(=O)CCCCCC(=O)Nc3ccccc3N)cc2)O1. The molecule has 4 aromatic carbocycles. The van der Waals surface area contributed by atoms with Crippen molar-refractivity contribution in [1.29, 1.82) is 0 Å². The maximum Gasteiger partial charge on any atom is 0.224 e. The maximum absolute atomic E-state index is 12.7. The summed E-state index contributed by atoms with van der Waals surface area (Å²) in [6, 6.07) is 31.4. The second-order valence-corrected chi connectivity index (χ2v) is 13.1. The molecule has 0 aromatic heterocycles. The molecule has 0 radical (unpaired) electrons. The first kappa shape index (κ1) is 37.5. The lowest BCUT2D eigenvalue weighted by molar-refractivity contribution is -0.252. The topological polar surface area (TPSA) is 126 Å². The van der Waals surface area contributed by atoms with Gasteiger partial charge < -0.3 is 35.8 Å². The molecular formula is C42H50N4O5. The fraction of sp³-hybridized carbons (Fsp3) is 0.333. The lowest BCUT2D eigenvalue weighted by atomic mass is 9.97. The number of para-hydroxylation sites is 2. The first-order valence-corrected chi connectivity index (χ1v) is 17.7. The number of hydrogen-bond donors (Lipinski definition) is 4. The smallest absolute Gasteiger partial charge is 0.224 e. The molecule has 0 spiro atoms. The molecule has 0 unspecified atom stereocenters. The molecule has 268 valence electrons. The number of aliphatic hydroxyl groups excluding tert-OH is 1. The van der Waals surface area contributed by atoms with Crippen LogP contribution in [0.4, 0.5) is 11.4 Å². The summed E-state index contributed by atoms with van der Waals surface area (Å²) in [6.45, 7) is 5.80. The maximum atomic E-state index is 12.7. The van der Waals surface area contributed by atoms with Gasteiger partial charge in [-0.2, -0.15) is 0 Å². The van der Waals surface area contributed by atoms with Crippen molar-refractivity contribution in [2.75, 3.05) is 31.2 Å². The summed E-state index contributed by atoms with van der Waals surface area (Å²) in [5.41, 5.74) is 13.0. The van der Waals surface area contributed by atoms with E-state index in [4.69, 9.17) is 15.2 Å². The number of likely N-dealkylation sites (N-methyl/N-ethyl adjacent to an activating group) is 1. The molecule has 1 aliphatic rings. The van der Waals surface area contributed by atoms with Gasteiger partial charge in [-0.3, -0.25) is 9.59 Å². The third kappa shape index (κ3) is 11.1. The second-order valence-electron chi connectivity index (χ2n) is 13.1. The largest absolute Gasteiger partial charge is 0.397 e. The third-order valence-electron chi connectivity index (χ3n) is 9.10. The molecule has 5 N–H and O–H groups in total. The highest BCUT2D eigenvalue weighted by atomic mass is 16.7. The lowest BCUT2D eigenvalue weighted by Crippen LogP contribution is -2.37. The number of nitrogens with zero attached hydrogens (tertiary/aromatic N) is 1. The van der Waals surface area contributed by atoms with Crippen LogP contribution in [-0.2, 0) is 32.2 Å². The highest BCUT2D eigenvalue weighted by Gasteiger charge is 2.32. The summed E-state index contributed by atoms with van der Waals surface area (Å²) >= 11 is 0. The van der Waals surface area contributed by atoms with E-state index >= 15 is 0 Å². The molecule has 51 heavy (non-hydrogen) atoms. The van der Waals surface area contributed by atoms with Gasteiger partial charge in [-0.15, -0.1) is 6.58 Å². The molecule has 4 aromatic rings. The Bertz CT molecular complexity index is 1730. The summed E-state index contributed by atoms with van der Waals surface area (Å²) in [5, 5.41) is 15.4. The van der Waals surface area contributed by atoms with Gasteiger partial charge in [-0.05, 0) is 59.8 Å². The molecule has 0 aliphatic carbocycles. The first-order valence-electron chi connectivity index (χ1n) is 17.7. The van der Waals surface area contributed by atoms with Crippen LogP contribution in [0.15, 0.2) is 110 Å². The molecule has 0 bridgehead atoms. The van der Waals surface area contributed by atoms with Crippen molar-refractivity contribution in [2.24, 2.45) is 0 Å². The number of nitrogens with two attached hydrogens (primary N) is 1. The van der Waals surface area contributed by atoms with E-state index in [9.17, 15) is 14.7 Å². The average Bonchev–Trinajstić information content (AvgIpc) is 3.15. The molecule has 1 saturated heterocycles. The van der Waals surface area contributed by atoms with Crippen molar-refractivity contribution >= 4 is 23.2 Å². The molecule has 5 rings (SSSR count). The predicted molar refractivity (Wildman–Crippen MR) is 202 cm³/mol. The average molecular weight is 691 g/mol. The molecule has 0 saturated carbocycles. The number of aliphatic hydroxyl groups is 1. The Morgan fingerprint density at radius 1 is 0.882 bits per heavy atom. The quantitative estimate of drug-likeness (QED) is 0.0521. The van der Waals surface area contributed by atoms with E-state index in [0.717, 1.165) is 59.3 Å². The van der Waals surface area contributed by atoms with E-state index in [0.29, 0.717) is 43.6 Å². The van der Waals surface area contributed by atoms with Gasteiger partial charge >= 0.3 is 0 Å². The van der Waals surface area contributed by atoms with Crippen LogP contribution in [-0.4, -0.2) is 48.1 Å². The summed E-state index contributed by atoms with van der Waals surface area (Å²) in [6.07, 6.45) is 4.86. The molecule has 1 heterocycles. The van der Waals surface area contributed by atoms with Crippen LogP contribution in [0.25, 0.3) is 11.1 Å². The molecule has 9 nitrogen and oxygen atoms in total. The Hall–Kier alpha value is -4.80. The number of amides is 2. The number of nitrogen functional groups attached to an aromatic ring is 1. The van der Waals surface area contributed by atoms with Crippen molar-refractivity contribution in [2.45, 2.75) is 70.2 Å². The van der Waals surface area contributed by atoms with Crippen molar-refractivity contribution in [3.63, 3.8) is 0 Å². The van der Waals surface area contributed by atoms with E-state index < -0.39 is 6.29 Å². The molecule has 3 atom stereocenters. The van der Waals surface area contributed by atoms with E-state index in [-0.39, 0.29) is 30.6 Å². The third-order valence-corrected chi connectivity index (χ3v) is 9.10. The zero-order valence-electron chi connectivity index (χ0n) is 29.4. The van der Waals surface area contributed by atoms with E-state index in [1.807, 2.05) is 72.8 Å². The minimum Gasteiger partial charge on any atom is -0.397 e. The number of rotatable bonds is 17. The molecule has 9 heteroatoms. The Morgan fingerprint density at radius 2 is 1.57 bits per heavy atom. The number of anilines is 2. The van der Waals surface area contributed by atoms with Gasteiger partial charge in [-0.1, -0.05) is 97.4 Å². The number of carbonyl (C=O) groups is 2. The van der Waals surface area contributed by atoms with Crippen molar-refractivity contribution in [3.05, 3.63) is 132 Å². The zero-order chi connectivity index (χ0) is 36.0. The highest BCUT2D eigenvalue weighted by molar-refractivity contribution is 5.93. The van der Waals surface area contributed by atoms with Gasteiger partial charge in [0.05, 0.1) is 30.2 Å². The lowest BCUT2D eigenvalue weighted by Gasteiger charge is -2.37. The Morgan fingerprint density at radius 3 is 2.29 bits per heavy atom. The van der Waals surface area contributed by atoms with Gasteiger partial charge in [0.15, 0.2) is 6.29 Å². The van der Waals surface area contributed by atoms with Crippen molar-refractivity contribution < 1.29 is 24.2 Å². The monoisotopic (exact) mass is 690 g/mol.